The molecule has 1 unspecified atom stereocenters. The summed E-state index contributed by atoms with van der Waals surface area (Å²) in [6.07, 6.45) is 20.9. The Bertz CT molecular complexity index is 5480. The van der Waals surface area contributed by atoms with Crippen LogP contribution in [0.1, 0.15) is 68.7 Å². The van der Waals surface area contributed by atoms with Gasteiger partial charge in [0.25, 0.3) is 0 Å². The molecule has 10 aliphatic heterocycles. The first kappa shape index (κ1) is 77.4. The van der Waals surface area contributed by atoms with Gasteiger partial charge in [0.1, 0.15) is 72.2 Å². The van der Waals surface area contributed by atoms with Crippen LogP contribution in [0.25, 0.3) is 67.1 Å². The minimum atomic E-state index is 0.176. The van der Waals surface area contributed by atoms with E-state index in [0.29, 0.717) is 55.5 Å². The number of nitrogens with one attached hydrogen (secondary N) is 5. The van der Waals surface area contributed by atoms with Crippen molar-refractivity contribution in [2.75, 3.05) is 172 Å². The van der Waals surface area contributed by atoms with Crippen molar-refractivity contribution in [3.8, 4) is 67.5 Å². The van der Waals surface area contributed by atoms with Gasteiger partial charge in [0.15, 0.2) is 22.6 Å². The topological polar surface area (TPSA) is 241 Å². The Morgan fingerprint density at radius 1 is 0.373 bits per heavy atom. The quantitative estimate of drug-likeness (QED) is 0.103. The SMILES string of the molecule is CCN1C[C@H]2COc3ccc(C)c(c3)-c3cnn4ccc(nc34)NCCN2C[C@H]1C.Cc1ccc2cc1-c1cnn3ccc(nc13)NCCN1C[C@@H](C)NC[C@H]1CO2.Cc1ccc2cc1-c1cnn3ccc(nc13)NCCN1C[C@@H](CN3CCC[C@H]3C1)O2.Cc1ccc2cc1-c1cnn3ccc(nc13)NCCN1C[C@H]3CCCN3C[C@H]1CO2. The number of benzene rings is 4. The van der Waals surface area contributed by atoms with Crippen LogP contribution in [0.3, 0.4) is 0 Å². The number of hydrogen-bond donors (Lipinski definition) is 5. The first-order valence-corrected chi connectivity index (χ1v) is 43.0. The zero-order valence-corrected chi connectivity index (χ0v) is 69.2. The van der Waals surface area contributed by atoms with Crippen molar-refractivity contribution >= 4 is 45.9 Å². The van der Waals surface area contributed by atoms with Crippen LogP contribution in [-0.4, -0.2) is 292 Å². The summed E-state index contributed by atoms with van der Waals surface area (Å²) in [5.74, 6) is 7.24. The smallest absolute Gasteiger partial charge is 0.165 e. The van der Waals surface area contributed by atoms with E-state index in [1.165, 1.54) is 61.0 Å². The molecular formula is C90H112N24O4. The van der Waals surface area contributed by atoms with Gasteiger partial charge in [0.2, 0.25) is 0 Å². The van der Waals surface area contributed by atoms with Crippen molar-refractivity contribution in [1.82, 2.24) is 98.0 Å². The molecule has 6 saturated heterocycles. The zero-order chi connectivity index (χ0) is 79.9. The minimum Gasteiger partial charge on any atom is -0.492 e. The fraction of sp³-hybridized carbons (Fsp3) is 0.467. The van der Waals surface area contributed by atoms with Crippen molar-refractivity contribution in [2.45, 2.75) is 123 Å². The van der Waals surface area contributed by atoms with Crippen molar-refractivity contribution < 1.29 is 18.9 Å². The predicted molar refractivity (Wildman–Crippen MR) is 463 cm³/mol. The van der Waals surface area contributed by atoms with Crippen molar-refractivity contribution in [2.24, 2.45) is 0 Å². The molecule has 118 heavy (non-hydrogen) atoms. The summed E-state index contributed by atoms with van der Waals surface area (Å²) in [5, 5.41) is 35.7. The second kappa shape index (κ2) is 34.0. The average Bonchev–Trinajstić information content (AvgIpc) is 1.62. The molecular weight excluding hydrogens is 1480 g/mol. The van der Waals surface area contributed by atoms with E-state index in [1.807, 2.05) is 91.9 Å². The highest BCUT2D eigenvalue weighted by atomic mass is 16.5. The lowest BCUT2D eigenvalue weighted by Crippen LogP contribution is -2.59. The molecule has 28 nitrogen and oxygen atoms in total. The van der Waals surface area contributed by atoms with Crippen LogP contribution in [0.5, 0.6) is 23.0 Å². The summed E-state index contributed by atoms with van der Waals surface area (Å²) >= 11 is 0. The van der Waals surface area contributed by atoms with Gasteiger partial charge in [-0.2, -0.15) is 20.4 Å². The second-order valence-corrected chi connectivity index (χ2v) is 33.9. The highest BCUT2D eigenvalue weighted by Crippen LogP contribution is 2.38. The highest BCUT2D eigenvalue weighted by Gasteiger charge is 2.39. The normalized spacial score (nSPS) is 24.3. The number of fused-ring (bicyclic) bond motifs is 23. The van der Waals surface area contributed by atoms with Gasteiger partial charge in [-0.05, 0) is 204 Å². The molecule has 9 atom stereocenters. The number of rotatable bonds is 1. The van der Waals surface area contributed by atoms with E-state index in [4.69, 9.17) is 38.9 Å². The number of aromatic nitrogens is 12. The molecule has 0 radical (unpaired) electrons. The maximum atomic E-state index is 6.59. The lowest BCUT2D eigenvalue weighted by Gasteiger charge is -2.45. The summed E-state index contributed by atoms with van der Waals surface area (Å²) in [4.78, 5) is 37.6. The van der Waals surface area contributed by atoms with Gasteiger partial charge in [0, 0.05) is 182 Å². The Morgan fingerprint density at radius 2 is 0.754 bits per heavy atom. The van der Waals surface area contributed by atoms with E-state index in [2.05, 4.69) is 203 Å². The largest absolute Gasteiger partial charge is 0.492 e. The molecule has 22 rings (SSSR count). The summed E-state index contributed by atoms with van der Waals surface area (Å²) in [6, 6.07) is 36.9. The van der Waals surface area contributed by atoms with Crippen LogP contribution in [0.15, 0.2) is 147 Å². The number of anilines is 4. The van der Waals surface area contributed by atoms with Crippen LogP contribution in [-0.2, 0) is 0 Å². The predicted octanol–water partition coefficient (Wildman–Crippen LogP) is 10.4. The Labute approximate surface area is 690 Å². The number of ether oxygens (including phenoxy) is 4. The van der Waals surface area contributed by atoms with E-state index in [-0.39, 0.29) is 6.10 Å². The van der Waals surface area contributed by atoms with E-state index >= 15 is 0 Å². The molecule has 18 heterocycles. The molecule has 8 aromatic heterocycles. The average molecular weight is 1590 g/mol. The fourth-order valence-electron chi connectivity index (χ4n) is 19.3. The number of piperazine rings is 3. The monoisotopic (exact) mass is 1590 g/mol. The Kier molecular flexibility index (Phi) is 22.3. The Morgan fingerprint density at radius 3 is 1.22 bits per heavy atom. The molecule has 6 fully saturated rings. The number of likely N-dealkylation sites (N-methyl/N-ethyl adjacent to an activating group) is 1. The molecule has 18 bridgehead atoms. The molecule has 4 aromatic carbocycles. The molecule has 5 N–H and O–H groups in total. The third kappa shape index (κ3) is 16.6. The lowest BCUT2D eigenvalue weighted by atomic mass is 10.0. The Balaban J connectivity index is 0.000000105. The number of nitrogens with zero attached hydrogens (tertiary/aromatic N) is 19. The molecule has 616 valence electrons. The number of hydrogen-bond acceptors (Lipinski definition) is 24. The maximum absolute atomic E-state index is 6.59. The maximum Gasteiger partial charge on any atom is 0.165 e. The van der Waals surface area contributed by atoms with Gasteiger partial charge >= 0.3 is 0 Å². The second-order valence-electron chi connectivity index (χ2n) is 33.9. The van der Waals surface area contributed by atoms with E-state index in [9.17, 15) is 0 Å². The molecule has 10 aliphatic rings. The van der Waals surface area contributed by atoms with Gasteiger partial charge in [-0.15, -0.1) is 0 Å². The minimum absolute atomic E-state index is 0.176. The van der Waals surface area contributed by atoms with Crippen molar-refractivity contribution in [3.05, 3.63) is 169 Å². The lowest BCUT2D eigenvalue weighted by molar-refractivity contribution is 0.0197. The van der Waals surface area contributed by atoms with Crippen molar-refractivity contribution in [3.63, 3.8) is 0 Å². The van der Waals surface area contributed by atoms with Crippen LogP contribution < -0.4 is 45.5 Å². The Hall–Kier alpha value is -10.6. The third-order valence-corrected chi connectivity index (χ3v) is 25.9. The molecule has 0 spiro atoms. The van der Waals surface area contributed by atoms with Gasteiger partial charge < -0.3 is 45.5 Å². The van der Waals surface area contributed by atoms with Gasteiger partial charge in [-0.1, -0.05) is 31.2 Å². The molecule has 12 aromatic rings. The highest BCUT2D eigenvalue weighted by molar-refractivity contribution is 5.84. The first-order valence-electron chi connectivity index (χ1n) is 43.0. The summed E-state index contributed by atoms with van der Waals surface area (Å²) in [7, 11) is 0. The third-order valence-electron chi connectivity index (χ3n) is 25.9. The van der Waals surface area contributed by atoms with Gasteiger partial charge in [-0.3, -0.25) is 34.3 Å². The zero-order valence-electron chi connectivity index (χ0n) is 69.2. The van der Waals surface area contributed by atoms with Crippen LogP contribution in [0, 0.1) is 27.7 Å². The first-order chi connectivity index (χ1) is 57.8. The summed E-state index contributed by atoms with van der Waals surface area (Å²) in [5.41, 5.74) is 16.9. The fourth-order valence-corrected chi connectivity index (χ4v) is 19.3. The molecule has 28 heteroatoms. The van der Waals surface area contributed by atoms with E-state index in [1.54, 1.807) is 0 Å². The van der Waals surface area contributed by atoms with E-state index < -0.39 is 0 Å². The van der Waals surface area contributed by atoms with Crippen LogP contribution in [0.4, 0.5) is 23.3 Å². The summed E-state index contributed by atoms with van der Waals surface area (Å²) < 4.78 is 32.9. The summed E-state index contributed by atoms with van der Waals surface area (Å²) in [6.45, 7) is 37.6. The molecule has 0 aliphatic carbocycles. The standard InChI is InChI=1S/2C23H28N6O.C23H30N6O.C21H26N6O/c1-16-4-5-19-11-20(16)21-12-25-29-9-6-22(26-23(21)29)24-7-10-28-13-17-3-2-8-27(17)14-18(28)15-30-19;1-16-4-5-18-11-20(16)21-12-25-29-9-6-22(26-23(21)29)24-7-10-27-13-17-3-2-8-28(17)15-19(14-27)30-18;1-4-27-14-18-15-30-19-6-5-16(2)20(11-19)21-12-25-29-9-7-22(26-23(21)29)24-8-10-28(18)13-17(27)3;1-14-3-4-17-9-18(14)19-11-24-27-7-5-20(25-21(19)27)22-6-8-26-12-15(2)23-10-16(26)13-28-17/h4-6,9,11-12,17-18H,2-3,7-8,10,13-15H2,1H3,(H,24,26);4-6,9,11-12,17,19H,2-3,7-8,10,13-15H2,1H3,(H,24,26);5-7,9,11-12,17-18H,4,8,10,13-15H2,1-3H3,(H,24,26);3-5,7,9,11,15-16,23H,6,8,10,12-13H2,1-2H3,(H,22,25)/t17-,18+;17-,19-;17-,18+;15-,16+/m1011/s1. The van der Waals surface area contributed by atoms with Crippen LogP contribution >= 0.6 is 0 Å². The van der Waals surface area contributed by atoms with E-state index in [0.717, 1.165) is 238 Å². The van der Waals surface area contributed by atoms with Crippen LogP contribution in [0.2, 0.25) is 0 Å². The molecule has 0 saturated carbocycles. The van der Waals surface area contributed by atoms with Gasteiger partial charge in [-0.25, -0.2) is 38.0 Å². The van der Waals surface area contributed by atoms with Crippen molar-refractivity contribution in [1.29, 1.82) is 0 Å². The molecule has 0 amide bonds. The van der Waals surface area contributed by atoms with Gasteiger partial charge in [0.05, 0.1) is 42.9 Å². The number of aryl methyl sites for hydroxylation is 4.